The van der Waals surface area contributed by atoms with E-state index in [-0.39, 0.29) is 11.1 Å². The Balaban J connectivity index is 2.93. The fourth-order valence-electron chi connectivity index (χ4n) is 1.39. The molecule has 2 rings (SSSR count). The molecule has 0 spiro atoms. The lowest BCUT2D eigenvalue weighted by Crippen LogP contribution is -2.09. The highest BCUT2D eigenvalue weighted by Crippen LogP contribution is 2.25. The van der Waals surface area contributed by atoms with Crippen molar-refractivity contribution in [1.82, 2.24) is 4.98 Å². The third-order valence-corrected chi connectivity index (χ3v) is 3.17. The molecule has 0 saturated heterocycles. The Kier molecular flexibility index (Phi) is 2.86. The van der Waals surface area contributed by atoms with E-state index in [1.165, 1.54) is 0 Å². The summed E-state index contributed by atoms with van der Waals surface area (Å²) in [6.07, 6.45) is 0. The van der Waals surface area contributed by atoms with Gasteiger partial charge in [-0.15, -0.1) is 0 Å². The van der Waals surface area contributed by atoms with Crippen LogP contribution in [0.3, 0.4) is 0 Å². The predicted octanol–water partition coefficient (Wildman–Crippen LogP) is 2.75. The van der Waals surface area contributed by atoms with Crippen LogP contribution < -0.4 is 5.43 Å². The van der Waals surface area contributed by atoms with Crippen molar-refractivity contribution in [2.24, 2.45) is 0 Å². The summed E-state index contributed by atoms with van der Waals surface area (Å²) in [5, 5.41) is 9.26. The molecule has 16 heavy (non-hydrogen) atoms. The smallest absolute Gasteiger partial charge is 0.352 e. The molecule has 0 atom stereocenters. The first-order valence-electron chi connectivity index (χ1n) is 4.24. The monoisotopic (exact) mass is 345 g/mol. The Morgan fingerprint density at radius 3 is 2.56 bits per heavy atom. The van der Waals surface area contributed by atoms with Crippen LogP contribution in [-0.4, -0.2) is 16.1 Å². The zero-order valence-corrected chi connectivity index (χ0v) is 10.9. The van der Waals surface area contributed by atoms with Gasteiger partial charge in [-0.3, -0.25) is 4.79 Å². The molecule has 0 fully saturated rings. The van der Waals surface area contributed by atoms with Crippen molar-refractivity contribution in [2.45, 2.75) is 0 Å². The number of H-pyrrole nitrogens is 1. The summed E-state index contributed by atoms with van der Waals surface area (Å²) >= 11 is 6.54. The van der Waals surface area contributed by atoms with E-state index in [4.69, 9.17) is 5.11 Å². The van der Waals surface area contributed by atoms with Gasteiger partial charge < -0.3 is 10.1 Å². The molecule has 0 aliphatic rings. The molecule has 0 radical (unpaired) electrons. The minimum Gasteiger partial charge on any atom is -0.477 e. The number of fused-ring (bicyclic) bond motifs is 1. The number of pyridine rings is 1. The highest BCUT2D eigenvalue weighted by atomic mass is 79.9. The highest BCUT2D eigenvalue weighted by molar-refractivity contribution is 9.11. The fourth-order valence-corrected chi connectivity index (χ4v) is 2.71. The van der Waals surface area contributed by atoms with Crippen molar-refractivity contribution >= 4 is 48.7 Å². The number of aromatic amines is 1. The Morgan fingerprint density at radius 2 is 1.94 bits per heavy atom. The second-order valence-corrected chi connectivity index (χ2v) is 4.93. The SMILES string of the molecule is O=C(O)c1cc(=O)c2cc(Br)cc(Br)c2[nH]1. The van der Waals surface area contributed by atoms with Gasteiger partial charge in [0.1, 0.15) is 5.69 Å². The first-order valence-corrected chi connectivity index (χ1v) is 5.83. The number of nitrogens with one attached hydrogen (secondary N) is 1. The van der Waals surface area contributed by atoms with Crippen LogP contribution in [0.2, 0.25) is 0 Å². The number of hydrogen-bond acceptors (Lipinski definition) is 2. The van der Waals surface area contributed by atoms with Crippen molar-refractivity contribution in [1.29, 1.82) is 0 Å². The maximum Gasteiger partial charge on any atom is 0.352 e. The molecular formula is C10H5Br2NO3. The number of carboxylic acid groups (broad SMARTS) is 1. The van der Waals surface area contributed by atoms with E-state index in [0.717, 1.165) is 10.5 Å². The number of benzene rings is 1. The van der Waals surface area contributed by atoms with Crippen LogP contribution in [-0.2, 0) is 0 Å². The van der Waals surface area contributed by atoms with Gasteiger partial charge in [-0.2, -0.15) is 0 Å². The number of halogens is 2. The summed E-state index contributed by atoms with van der Waals surface area (Å²) < 4.78 is 1.39. The molecule has 0 bridgehead atoms. The van der Waals surface area contributed by atoms with E-state index >= 15 is 0 Å². The number of rotatable bonds is 1. The molecule has 4 nitrogen and oxygen atoms in total. The van der Waals surface area contributed by atoms with Crippen molar-refractivity contribution in [3.8, 4) is 0 Å². The quantitative estimate of drug-likeness (QED) is 0.834. The molecule has 6 heteroatoms. The normalized spacial score (nSPS) is 10.6. The third kappa shape index (κ3) is 1.90. The van der Waals surface area contributed by atoms with E-state index in [2.05, 4.69) is 36.8 Å². The average Bonchev–Trinajstić information content (AvgIpc) is 2.19. The largest absolute Gasteiger partial charge is 0.477 e. The number of carboxylic acids is 1. The van der Waals surface area contributed by atoms with Crippen LogP contribution in [0.4, 0.5) is 0 Å². The molecule has 1 heterocycles. The molecule has 1 aromatic carbocycles. The van der Waals surface area contributed by atoms with Gasteiger partial charge in [0, 0.05) is 20.4 Å². The Labute approximate surface area is 107 Å². The number of carbonyl (C=O) groups is 1. The topological polar surface area (TPSA) is 70.2 Å². The molecule has 0 amide bonds. The van der Waals surface area contributed by atoms with Crippen LogP contribution in [0.15, 0.2) is 31.9 Å². The summed E-state index contributed by atoms with van der Waals surface area (Å²) in [5.41, 5.74) is 0.0294. The summed E-state index contributed by atoms with van der Waals surface area (Å²) in [6.45, 7) is 0. The standard InChI is InChI=1S/C10H5Br2NO3/c11-4-1-5-8(14)3-7(10(15)16)13-9(5)6(12)2-4/h1-3H,(H,13,14)(H,15,16). The molecule has 2 aromatic rings. The number of aromatic carboxylic acids is 1. The molecule has 2 N–H and O–H groups in total. The second-order valence-electron chi connectivity index (χ2n) is 3.16. The van der Waals surface area contributed by atoms with Crippen LogP contribution in [0.25, 0.3) is 10.9 Å². The predicted molar refractivity (Wildman–Crippen MR) is 66.9 cm³/mol. The minimum absolute atomic E-state index is 0.125. The molecule has 1 aromatic heterocycles. The maximum atomic E-state index is 11.7. The van der Waals surface area contributed by atoms with Gasteiger partial charge in [-0.05, 0) is 28.1 Å². The zero-order chi connectivity index (χ0) is 11.9. The van der Waals surface area contributed by atoms with Crippen molar-refractivity contribution in [2.75, 3.05) is 0 Å². The van der Waals surface area contributed by atoms with Crippen molar-refractivity contribution in [3.05, 3.63) is 43.1 Å². The van der Waals surface area contributed by atoms with Crippen LogP contribution >= 0.6 is 31.9 Å². The number of aromatic nitrogens is 1. The molecule has 82 valence electrons. The average molecular weight is 347 g/mol. The minimum atomic E-state index is -1.16. The van der Waals surface area contributed by atoms with E-state index in [1.54, 1.807) is 12.1 Å². The van der Waals surface area contributed by atoms with E-state index in [9.17, 15) is 9.59 Å². The van der Waals surface area contributed by atoms with Crippen molar-refractivity contribution in [3.63, 3.8) is 0 Å². The van der Waals surface area contributed by atoms with Gasteiger partial charge in [0.15, 0.2) is 5.43 Å². The number of hydrogen-bond donors (Lipinski definition) is 2. The van der Waals surface area contributed by atoms with E-state index < -0.39 is 5.97 Å². The molecular weight excluding hydrogens is 342 g/mol. The molecule has 0 aliphatic carbocycles. The highest BCUT2D eigenvalue weighted by Gasteiger charge is 2.10. The van der Waals surface area contributed by atoms with Gasteiger partial charge in [0.25, 0.3) is 0 Å². The second kappa shape index (κ2) is 4.03. The van der Waals surface area contributed by atoms with Gasteiger partial charge >= 0.3 is 5.97 Å². The maximum absolute atomic E-state index is 11.7. The molecule has 0 unspecified atom stereocenters. The van der Waals surface area contributed by atoms with Gasteiger partial charge in [-0.25, -0.2) is 4.79 Å². The van der Waals surface area contributed by atoms with E-state index in [1.807, 2.05) is 0 Å². The Bertz CT molecular complexity index is 648. The van der Waals surface area contributed by atoms with Crippen LogP contribution in [0.5, 0.6) is 0 Å². The van der Waals surface area contributed by atoms with Gasteiger partial charge in [0.05, 0.1) is 5.52 Å². The first-order chi connectivity index (χ1) is 7.49. The Morgan fingerprint density at radius 1 is 1.25 bits per heavy atom. The first kappa shape index (κ1) is 11.3. The molecule has 0 aliphatic heterocycles. The summed E-state index contributed by atoms with van der Waals surface area (Å²) in [6, 6.07) is 4.46. The van der Waals surface area contributed by atoms with Crippen LogP contribution in [0, 0.1) is 0 Å². The zero-order valence-electron chi connectivity index (χ0n) is 7.75. The Hall–Kier alpha value is -1.14. The lowest BCUT2D eigenvalue weighted by molar-refractivity contribution is 0.0691. The third-order valence-electron chi connectivity index (χ3n) is 2.09. The summed E-state index contributed by atoms with van der Waals surface area (Å²) in [7, 11) is 0. The summed E-state index contributed by atoms with van der Waals surface area (Å²) in [5.74, 6) is -1.16. The lowest BCUT2D eigenvalue weighted by atomic mass is 10.2. The summed E-state index contributed by atoms with van der Waals surface area (Å²) in [4.78, 5) is 25.2. The fraction of sp³-hybridized carbons (Fsp3) is 0. The molecule has 0 saturated carbocycles. The van der Waals surface area contributed by atoms with E-state index in [0.29, 0.717) is 15.4 Å². The van der Waals surface area contributed by atoms with Crippen molar-refractivity contribution < 1.29 is 9.90 Å². The van der Waals surface area contributed by atoms with Gasteiger partial charge in [-0.1, -0.05) is 15.9 Å². The van der Waals surface area contributed by atoms with Crippen LogP contribution in [0.1, 0.15) is 10.5 Å². The lowest BCUT2D eigenvalue weighted by Gasteiger charge is -2.03. The van der Waals surface area contributed by atoms with Gasteiger partial charge in [0.2, 0.25) is 0 Å².